The van der Waals surface area contributed by atoms with Gasteiger partial charge in [-0.1, -0.05) is 35.9 Å². The lowest BCUT2D eigenvalue weighted by Gasteiger charge is -2.35. The Kier molecular flexibility index (Phi) is 8.32. The van der Waals surface area contributed by atoms with Crippen LogP contribution in [0.15, 0.2) is 48.5 Å². The molecule has 0 spiro atoms. The van der Waals surface area contributed by atoms with Crippen molar-refractivity contribution in [3.05, 3.63) is 70.2 Å². The molecule has 0 radical (unpaired) electrons. The first-order valence-corrected chi connectivity index (χ1v) is 11.3. The standard InChI is InChI=1S/C25H33ClN2O2/c1-18(27-16-3-17-29)19-4-6-20(7-5-19)21-10-14-24(15-11-21)28(2)25(30)22-8-12-23(26)13-9-22/h4-9,12-13,18,21,24,27,29H,3,10-11,14-17H2,1-2H3/t18?,21-,24-. The van der Waals surface area contributed by atoms with Crippen molar-refractivity contribution < 1.29 is 9.90 Å². The number of aliphatic hydroxyl groups is 1. The first-order chi connectivity index (χ1) is 14.5. The number of amides is 1. The zero-order valence-corrected chi connectivity index (χ0v) is 18.7. The van der Waals surface area contributed by atoms with E-state index in [0.29, 0.717) is 22.5 Å². The van der Waals surface area contributed by atoms with Crippen molar-refractivity contribution in [2.45, 2.75) is 57.0 Å². The van der Waals surface area contributed by atoms with E-state index in [9.17, 15) is 4.79 Å². The number of carbonyl (C=O) groups excluding carboxylic acids is 1. The lowest BCUT2D eigenvalue weighted by Crippen LogP contribution is -2.39. The first kappa shape index (κ1) is 22.8. The van der Waals surface area contributed by atoms with Gasteiger partial charge in [-0.15, -0.1) is 0 Å². The van der Waals surface area contributed by atoms with Gasteiger partial charge in [0.15, 0.2) is 0 Å². The van der Waals surface area contributed by atoms with Crippen LogP contribution in [0.3, 0.4) is 0 Å². The summed E-state index contributed by atoms with van der Waals surface area (Å²) in [6.07, 6.45) is 5.04. The molecule has 2 N–H and O–H groups in total. The number of aliphatic hydroxyl groups excluding tert-OH is 1. The number of benzene rings is 2. The van der Waals surface area contributed by atoms with Crippen LogP contribution >= 0.6 is 11.6 Å². The van der Waals surface area contributed by atoms with Crippen molar-refractivity contribution in [3.63, 3.8) is 0 Å². The molecule has 162 valence electrons. The molecule has 1 saturated carbocycles. The lowest BCUT2D eigenvalue weighted by atomic mass is 9.81. The second-order valence-electron chi connectivity index (χ2n) is 8.35. The molecule has 5 heteroatoms. The summed E-state index contributed by atoms with van der Waals surface area (Å²) in [6, 6.07) is 16.7. The molecular formula is C25H33ClN2O2. The van der Waals surface area contributed by atoms with Gasteiger partial charge >= 0.3 is 0 Å². The zero-order chi connectivity index (χ0) is 21.5. The van der Waals surface area contributed by atoms with Gasteiger partial charge in [0, 0.05) is 36.3 Å². The molecule has 2 aromatic carbocycles. The summed E-state index contributed by atoms with van der Waals surface area (Å²) in [5, 5.41) is 13.0. The van der Waals surface area contributed by atoms with E-state index < -0.39 is 0 Å². The molecule has 0 bridgehead atoms. The van der Waals surface area contributed by atoms with Crippen molar-refractivity contribution >= 4 is 17.5 Å². The zero-order valence-electron chi connectivity index (χ0n) is 18.0. The van der Waals surface area contributed by atoms with Crippen LogP contribution in [0.5, 0.6) is 0 Å². The van der Waals surface area contributed by atoms with Gasteiger partial charge in [-0.2, -0.15) is 0 Å². The molecule has 1 aliphatic carbocycles. The third-order valence-electron chi connectivity index (χ3n) is 6.35. The lowest BCUT2D eigenvalue weighted by molar-refractivity contribution is 0.0689. The Morgan fingerprint density at radius 1 is 1.10 bits per heavy atom. The van der Waals surface area contributed by atoms with Crippen LogP contribution < -0.4 is 5.32 Å². The minimum atomic E-state index is 0.0714. The van der Waals surface area contributed by atoms with Crippen LogP contribution in [0.25, 0.3) is 0 Å². The van der Waals surface area contributed by atoms with Gasteiger partial charge in [-0.25, -0.2) is 0 Å². The Bertz CT molecular complexity index is 799. The molecule has 1 fully saturated rings. The quantitative estimate of drug-likeness (QED) is 0.570. The van der Waals surface area contributed by atoms with Crippen LogP contribution in [-0.2, 0) is 0 Å². The number of rotatable bonds is 8. The van der Waals surface area contributed by atoms with Crippen molar-refractivity contribution in [3.8, 4) is 0 Å². The Morgan fingerprint density at radius 3 is 2.33 bits per heavy atom. The summed E-state index contributed by atoms with van der Waals surface area (Å²) in [5.74, 6) is 0.633. The van der Waals surface area contributed by atoms with Gasteiger partial charge in [-0.3, -0.25) is 4.79 Å². The number of nitrogens with zero attached hydrogens (tertiary/aromatic N) is 1. The van der Waals surface area contributed by atoms with Gasteiger partial charge in [0.2, 0.25) is 0 Å². The van der Waals surface area contributed by atoms with E-state index in [1.165, 1.54) is 11.1 Å². The Morgan fingerprint density at radius 2 is 1.73 bits per heavy atom. The van der Waals surface area contributed by atoms with Crippen LogP contribution in [0.2, 0.25) is 5.02 Å². The largest absolute Gasteiger partial charge is 0.396 e. The summed E-state index contributed by atoms with van der Waals surface area (Å²) < 4.78 is 0. The molecule has 0 aromatic heterocycles. The molecule has 0 saturated heterocycles. The maximum absolute atomic E-state index is 12.8. The fourth-order valence-electron chi connectivity index (χ4n) is 4.33. The first-order valence-electron chi connectivity index (χ1n) is 11.0. The second kappa shape index (κ2) is 10.9. The molecule has 30 heavy (non-hydrogen) atoms. The molecule has 1 aliphatic rings. The predicted octanol–water partition coefficient (Wildman–Crippen LogP) is 5.17. The minimum Gasteiger partial charge on any atom is -0.396 e. The highest BCUT2D eigenvalue weighted by molar-refractivity contribution is 6.30. The topological polar surface area (TPSA) is 52.6 Å². The Balaban J connectivity index is 1.52. The molecule has 0 aliphatic heterocycles. The van der Waals surface area contributed by atoms with Gasteiger partial charge in [0.25, 0.3) is 5.91 Å². The average molecular weight is 429 g/mol. The van der Waals surface area contributed by atoms with Gasteiger partial charge < -0.3 is 15.3 Å². The van der Waals surface area contributed by atoms with Crippen LogP contribution in [0.1, 0.15) is 72.5 Å². The highest BCUT2D eigenvalue weighted by Crippen LogP contribution is 2.35. The molecule has 0 heterocycles. The minimum absolute atomic E-state index is 0.0714. The summed E-state index contributed by atoms with van der Waals surface area (Å²) in [5.41, 5.74) is 3.37. The van der Waals surface area contributed by atoms with E-state index in [4.69, 9.17) is 16.7 Å². The molecule has 4 nitrogen and oxygen atoms in total. The van der Waals surface area contributed by atoms with Crippen molar-refractivity contribution in [2.24, 2.45) is 0 Å². The molecule has 1 unspecified atom stereocenters. The number of halogens is 1. The van der Waals surface area contributed by atoms with Crippen LogP contribution in [-0.4, -0.2) is 42.2 Å². The number of nitrogens with one attached hydrogen (secondary N) is 1. The maximum Gasteiger partial charge on any atom is 0.253 e. The monoisotopic (exact) mass is 428 g/mol. The van der Waals surface area contributed by atoms with E-state index in [2.05, 4.69) is 36.5 Å². The van der Waals surface area contributed by atoms with Crippen LogP contribution in [0, 0.1) is 0 Å². The van der Waals surface area contributed by atoms with Gasteiger partial charge in [0.05, 0.1) is 0 Å². The molecule has 3 rings (SSSR count). The van der Waals surface area contributed by atoms with Gasteiger partial charge in [-0.05, 0) is 86.9 Å². The smallest absolute Gasteiger partial charge is 0.253 e. The molecule has 1 amide bonds. The predicted molar refractivity (Wildman–Crippen MR) is 123 cm³/mol. The van der Waals surface area contributed by atoms with Gasteiger partial charge in [0.1, 0.15) is 0 Å². The summed E-state index contributed by atoms with van der Waals surface area (Å²) in [4.78, 5) is 14.7. The third kappa shape index (κ3) is 5.84. The molecule has 2 aromatic rings. The normalized spacial score (nSPS) is 20.0. The number of hydrogen-bond donors (Lipinski definition) is 2. The van der Waals surface area contributed by atoms with E-state index in [1.807, 2.05) is 11.9 Å². The Hall–Kier alpha value is -1.88. The molecule has 1 atom stereocenters. The summed E-state index contributed by atoms with van der Waals surface area (Å²) in [6.45, 7) is 3.21. The van der Waals surface area contributed by atoms with Crippen LogP contribution in [0.4, 0.5) is 0 Å². The van der Waals surface area contributed by atoms with E-state index in [0.717, 1.165) is 38.6 Å². The van der Waals surface area contributed by atoms with E-state index in [1.54, 1.807) is 24.3 Å². The van der Waals surface area contributed by atoms with Crippen molar-refractivity contribution in [1.82, 2.24) is 10.2 Å². The highest BCUT2D eigenvalue weighted by Gasteiger charge is 2.27. The summed E-state index contributed by atoms with van der Waals surface area (Å²) >= 11 is 5.94. The van der Waals surface area contributed by atoms with Crippen molar-refractivity contribution in [2.75, 3.05) is 20.2 Å². The maximum atomic E-state index is 12.8. The van der Waals surface area contributed by atoms with E-state index >= 15 is 0 Å². The fraction of sp³-hybridized carbons (Fsp3) is 0.480. The molecular weight excluding hydrogens is 396 g/mol. The second-order valence-corrected chi connectivity index (χ2v) is 8.78. The fourth-order valence-corrected chi connectivity index (χ4v) is 4.46. The number of hydrogen-bond acceptors (Lipinski definition) is 3. The highest BCUT2D eigenvalue weighted by atomic mass is 35.5. The SMILES string of the molecule is CC(NCCCO)c1ccc([C@H]2CC[C@H](N(C)C(=O)c3ccc(Cl)cc3)CC2)cc1. The summed E-state index contributed by atoms with van der Waals surface area (Å²) in [7, 11) is 1.92. The third-order valence-corrected chi connectivity index (χ3v) is 6.60. The number of carbonyl (C=O) groups is 1. The van der Waals surface area contributed by atoms with Crippen molar-refractivity contribution in [1.29, 1.82) is 0 Å². The van der Waals surface area contributed by atoms with E-state index in [-0.39, 0.29) is 18.6 Å². The average Bonchev–Trinajstić information content (AvgIpc) is 2.79. The Labute approximate surface area is 185 Å².